The van der Waals surface area contributed by atoms with Crippen molar-refractivity contribution in [1.29, 1.82) is 0 Å². The molecule has 9 nitrogen and oxygen atoms in total. The molecular weight excluding hydrogens is 422 g/mol. The van der Waals surface area contributed by atoms with Crippen LogP contribution in [-0.4, -0.2) is 40.1 Å². The lowest BCUT2D eigenvalue weighted by atomic mass is 10.2. The number of hydrogen-bond acceptors (Lipinski definition) is 7. The van der Waals surface area contributed by atoms with E-state index in [4.69, 9.17) is 13.9 Å². The van der Waals surface area contributed by atoms with Crippen molar-refractivity contribution in [3.8, 4) is 23.0 Å². The zero-order chi connectivity index (χ0) is 23.5. The zero-order valence-corrected chi connectivity index (χ0v) is 19.2. The molecule has 0 fully saturated rings. The summed E-state index contributed by atoms with van der Waals surface area (Å²) in [6.45, 7) is 5.88. The Labute approximate surface area is 191 Å². The Kier molecular flexibility index (Phi) is 6.12. The van der Waals surface area contributed by atoms with Gasteiger partial charge in [0, 0.05) is 11.8 Å². The number of rotatable bonds is 7. The van der Waals surface area contributed by atoms with Crippen LogP contribution in [0.15, 0.2) is 46.9 Å². The SMILES string of the molecule is COc1ccc(-c2nc(Cn3nnc(C(=O)Nc4ccccc4C)c3C)c(C)o2)c(OC)c1. The van der Waals surface area contributed by atoms with Gasteiger partial charge < -0.3 is 19.2 Å². The molecule has 4 rings (SSSR count). The van der Waals surface area contributed by atoms with Gasteiger partial charge in [0.15, 0.2) is 5.69 Å². The second-order valence-electron chi connectivity index (χ2n) is 7.54. The summed E-state index contributed by atoms with van der Waals surface area (Å²) in [6.07, 6.45) is 0. The standard InChI is InChI=1S/C24H25N5O4/c1-14-8-6-7-9-19(14)25-23(30)22-15(2)29(28-27-22)13-20-16(3)33-24(26-20)18-11-10-17(31-4)12-21(18)32-5/h6-12H,13H2,1-5H3,(H,25,30). The molecule has 170 valence electrons. The normalized spacial score (nSPS) is 10.8. The molecule has 0 aliphatic rings. The van der Waals surface area contributed by atoms with Crippen LogP contribution in [0.5, 0.6) is 11.5 Å². The van der Waals surface area contributed by atoms with Gasteiger partial charge in [-0.25, -0.2) is 9.67 Å². The lowest BCUT2D eigenvalue weighted by Gasteiger charge is -2.07. The lowest BCUT2D eigenvalue weighted by Crippen LogP contribution is -2.15. The van der Waals surface area contributed by atoms with E-state index < -0.39 is 0 Å². The van der Waals surface area contributed by atoms with Crippen molar-refractivity contribution in [3.63, 3.8) is 0 Å². The van der Waals surface area contributed by atoms with Gasteiger partial charge in [-0.05, 0) is 44.5 Å². The molecule has 1 N–H and O–H groups in total. The van der Waals surface area contributed by atoms with Gasteiger partial charge in [-0.15, -0.1) is 5.10 Å². The number of hydrogen-bond donors (Lipinski definition) is 1. The van der Waals surface area contributed by atoms with Crippen molar-refractivity contribution in [3.05, 3.63) is 70.9 Å². The van der Waals surface area contributed by atoms with Crippen LogP contribution < -0.4 is 14.8 Å². The van der Waals surface area contributed by atoms with Crippen LogP contribution in [0, 0.1) is 20.8 Å². The van der Waals surface area contributed by atoms with Crippen LogP contribution in [0.1, 0.15) is 33.2 Å². The number of anilines is 1. The van der Waals surface area contributed by atoms with E-state index in [2.05, 4.69) is 20.6 Å². The van der Waals surface area contributed by atoms with Crippen molar-refractivity contribution >= 4 is 11.6 Å². The van der Waals surface area contributed by atoms with E-state index in [1.165, 1.54) is 0 Å². The van der Waals surface area contributed by atoms with Crippen molar-refractivity contribution in [1.82, 2.24) is 20.0 Å². The molecule has 1 amide bonds. The predicted octanol–water partition coefficient (Wildman–Crippen LogP) is 4.18. The van der Waals surface area contributed by atoms with Gasteiger partial charge in [0.2, 0.25) is 5.89 Å². The van der Waals surface area contributed by atoms with Crippen molar-refractivity contribution in [2.24, 2.45) is 0 Å². The molecule has 0 saturated carbocycles. The summed E-state index contributed by atoms with van der Waals surface area (Å²) in [4.78, 5) is 17.4. The van der Waals surface area contributed by atoms with Gasteiger partial charge in [-0.2, -0.15) is 0 Å². The monoisotopic (exact) mass is 447 g/mol. The molecule has 2 heterocycles. The van der Waals surface area contributed by atoms with Gasteiger partial charge in [0.25, 0.3) is 5.91 Å². The zero-order valence-electron chi connectivity index (χ0n) is 19.2. The summed E-state index contributed by atoms with van der Waals surface area (Å²) in [5, 5.41) is 11.1. The van der Waals surface area contributed by atoms with Crippen molar-refractivity contribution < 1.29 is 18.7 Å². The highest BCUT2D eigenvalue weighted by atomic mass is 16.5. The smallest absolute Gasteiger partial charge is 0.278 e. The third-order valence-electron chi connectivity index (χ3n) is 5.42. The number of aromatic nitrogens is 4. The van der Waals surface area contributed by atoms with E-state index in [0.29, 0.717) is 46.6 Å². The molecule has 2 aromatic carbocycles. The number of aryl methyl sites for hydroxylation is 2. The Balaban J connectivity index is 1.56. The molecule has 0 aliphatic heterocycles. The minimum Gasteiger partial charge on any atom is -0.497 e. The van der Waals surface area contributed by atoms with Crippen LogP contribution in [-0.2, 0) is 6.54 Å². The highest BCUT2D eigenvalue weighted by Crippen LogP contribution is 2.33. The quantitative estimate of drug-likeness (QED) is 0.453. The molecule has 0 atom stereocenters. The lowest BCUT2D eigenvalue weighted by molar-refractivity contribution is 0.102. The second-order valence-corrected chi connectivity index (χ2v) is 7.54. The largest absolute Gasteiger partial charge is 0.497 e. The average Bonchev–Trinajstić information content (AvgIpc) is 3.37. The molecule has 0 saturated heterocycles. The summed E-state index contributed by atoms with van der Waals surface area (Å²) in [5.41, 5.74) is 3.99. The van der Waals surface area contributed by atoms with E-state index in [-0.39, 0.29) is 11.6 Å². The number of nitrogens with one attached hydrogen (secondary N) is 1. The first-order valence-corrected chi connectivity index (χ1v) is 10.4. The number of nitrogens with zero attached hydrogens (tertiary/aromatic N) is 4. The first kappa shape index (κ1) is 22.1. The van der Waals surface area contributed by atoms with Gasteiger partial charge in [0.05, 0.1) is 32.0 Å². The maximum absolute atomic E-state index is 12.7. The summed E-state index contributed by atoms with van der Waals surface area (Å²) < 4.78 is 18.2. The second kappa shape index (κ2) is 9.15. The topological polar surface area (TPSA) is 104 Å². The number of benzene rings is 2. The summed E-state index contributed by atoms with van der Waals surface area (Å²) in [6, 6.07) is 13.0. The molecule has 9 heteroatoms. The number of ether oxygens (including phenoxy) is 2. The molecule has 0 bridgehead atoms. The Morgan fingerprint density at radius 3 is 2.61 bits per heavy atom. The number of oxazole rings is 1. The number of methoxy groups -OCH3 is 2. The first-order chi connectivity index (χ1) is 15.9. The minimum absolute atomic E-state index is 0.261. The number of amides is 1. The highest BCUT2D eigenvalue weighted by molar-refractivity contribution is 6.03. The summed E-state index contributed by atoms with van der Waals surface area (Å²) in [5.74, 6) is 2.03. The Bertz CT molecular complexity index is 1310. The first-order valence-electron chi connectivity index (χ1n) is 10.4. The number of para-hydroxylation sites is 1. The summed E-state index contributed by atoms with van der Waals surface area (Å²) in [7, 11) is 3.18. The van der Waals surface area contributed by atoms with E-state index in [9.17, 15) is 4.79 Å². The van der Waals surface area contributed by atoms with Gasteiger partial charge >= 0.3 is 0 Å². The molecule has 4 aromatic rings. The van der Waals surface area contributed by atoms with Crippen LogP contribution in [0.3, 0.4) is 0 Å². The minimum atomic E-state index is -0.311. The Morgan fingerprint density at radius 1 is 1.09 bits per heavy atom. The fraction of sp³-hybridized carbons (Fsp3) is 0.250. The molecule has 0 spiro atoms. The molecular formula is C24H25N5O4. The fourth-order valence-electron chi connectivity index (χ4n) is 3.42. The van der Waals surface area contributed by atoms with Gasteiger partial charge in [0.1, 0.15) is 23.0 Å². The van der Waals surface area contributed by atoms with E-state index in [1.54, 1.807) is 31.9 Å². The maximum atomic E-state index is 12.7. The van der Waals surface area contributed by atoms with E-state index in [0.717, 1.165) is 11.3 Å². The summed E-state index contributed by atoms with van der Waals surface area (Å²) >= 11 is 0. The number of carbonyl (C=O) groups excluding carboxylic acids is 1. The van der Waals surface area contributed by atoms with E-state index >= 15 is 0 Å². The maximum Gasteiger partial charge on any atom is 0.278 e. The van der Waals surface area contributed by atoms with Gasteiger partial charge in [-0.1, -0.05) is 23.4 Å². The molecule has 2 aromatic heterocycles. The number of carbonyl (C=O) groups is 1. The van der Waals surface area contributed by atoms with Crippen molar-refractivity contribution in [2.45, 2.75) is 27.3 Å². The van der Waals surface area contributed by atoms with Crippen LogP contribution in [0.4, 0.5) is 5.69 Å². The Hall–Kier alpha value is -4.14. The predicted molar refractivity (Wildman–Crippen MR) is 123 cm³/mol. The highest BCUT2D eigenvalue weighted by Gasteiger charge is 2.20. The Morgan fingerprint density at radius 2 is 1.88 bits per heavy atom. The fourth-order valence-corrected chi connectivity index (χ4v) is 3.42. The average molecular weight is 447 g/mol. The van der Waals surface area contributed by atoms with E-state index in [1.807, 2.05) is 50.2 Å². The van der Waals surface area contributed by atoms with Crippen LogP contribution in [0.2, 0.25) is 0 Å². The third-order valence-corrected chi connectivity index (χ3v) is 5.42. The van der Waals surface area contributed by atoms with Crippen LogP contribution in [0.25, 0.3) is 11.5 Å². The third kappa shape index (κ3) is 4.43. The molecule has 0 radical (unpaired) electrons. The molecule has 33 heavy (non-hydrogen) atoms. The molecule has 0 aliphatic carbocycles. The molecule has 0 unspecified atom stereocenters. The van der Waals surface area contributed by atoms with Gasteiger partial charge in [-0.3, -0.25) is 4.79 Å². The van der Waals surface area contributed by atoms with Crippen molar-refractivity contribution in [2.75, 3.05) is 19.5 Å². The van der Waals surface area contributed by atoms with Crippen LogP contribution >= 0.6 is 0 Å².